The van der Waals surface area contributed by atoms with E-state index in [2.05, 4.69) is 133 Å². The van der Waals surface area contributed by atoms with Crippen molar-refractivity contribution in [2.24, 2.45) is 99.6 Å². The first-order chi connectivity index (χ1) is 31.1. The highest BCUT2D eigenvalue weighted by atomic mass is 14.7. The second-order valence-electron chi connectivity index (χ2n) is 25.2. The van der Waals surface area contributed by atoms with E-state index in [-0.39, 0.29) is 0 Å². The van der Waals surface area contributed by atoms with Gasteiger partial charge in [0.15, 0.2) is 0 Å². The molecule has 4 fully saturated rings. The van der Waals surface area contributed by atoms with Crippen LogP contribution in [0.25, 0.3) is 0 Å². The molecule has 65 heavy (non-hydrogen) atoms. The van der Waals surface area contributed by atoms with E-state index in [0.29, 0.717) is 22.7 Å². The van der Waals surface area contributed by atoms with E-state index in [4.69, 9.17) is 6.58 Å². The molecule has 4 aliphatic carbocycles. The molecule has 0 nitrogen and oxygen atoms in total. The SMILES string of the molecule is C=C(C)C(C)CCC(CCC)C12CCCC(C)C(CCCC(CC(C)(C)C(CC)C3CCCC(C4C(C=CC)C4CCC)C3)C(C)CCC(C=CCC)C(=C)CCC(C)CC=CC)C1C2. The number of fused-ring (bicyclic) bond motifs is 1. The molecule has 0 radical (unpaired) electrons. The molecule has 0 spiro atoms. The average Bonchev–Trinajstić information content (AvgIpc) is 4.19. The number of hydrogen-bond donors (Lipinski definition) is 0. The zero-order valence-electron chi connectivity index (χ0n) is 46.2. The maximum absolute atomic E-state index is 4.79. The van der Waals surface area contributed by atoms with Crippen molar-refractivity contribution < 1.29 is 0 Å². The van der Waals surface area contributed by atoms with Crippen LogP contribution in [0.5, 0.6) is 0 Å². The molecule has 0 saturated heterocycles. The summed E-state index contributed by atoms with van der Waals surface area (Å²) in [6.07, 6.45) is 49.4. The molecular weight excluding hydrogens is 781 g/mol. The van der Waals surface area contributed by atoms with Crippen molar-refractivity contribution in [2.45, 2.75) is 251 Å². The molecule has 4 rings (SSSR count). The van der Waals surface area contributed by atoms with Crippen LogP contribution in [0.3, 0.4) is 0 Å². The van der Waals surface area contributed by atoms with Crippen molar-refractivity contribution in [3.05, 3.63) is 60.8 Å². The maximum Gasteiger partial charge on any atom is -0.00259 e. The second-order valence-corrected chi connectivity index (χ2v) is 25.2. The molecule has 16 atom stereocenters. The van der Waals surface area contributed by atoms with Gasteiger partial charge in [0.25, 0.3) is 0 Å². The van der Waals surface area contributed by atoms with Gasteiger partial charge < -0.3 is 0 Å². The summed E-state index contributed by atoms with van der Waals surface area (Å²) in [4.78, 5) is 0. The van der Waals surface area contributed by atoms with Crippen molar-refractivity contribution in [3.63, 3.8) is 0 Å². The molecule has 0 heterocycles. The smallest absolute Gasteiger partial charge is 0.00259 e. The van der Waals surface area contributed by atoms with Crippen molar-refractivity contribution in [1.82, 2.24) is 0 Å². The monoisotopic (exact) mass is 895 g/mol. The summed E-state index contributed by atoms with van der Waals surface area (Å²) >= 11 is 0. The van der Waals surface area contributed by atoms with Crippen molar-refractivity contribution >= 4 is 0 Å². The van der Waals surface area contributed by atoms with E-state index < -0.39 is 0 Å². The summed E-state index contributed by atoms with van der Waals surface area (Å²) in [6.45, 7) is 41.3. The van der Waals surface area contributed by atoms with E-state index in [9.17, 15) is 0 Å². The van der Waals surface area contributed by atoms with Crippen LogP contribution in [0.1, 0.15) is 251 Å². The molecule has 0 N–H and O–H groups in total. The predicted octanol–water partition coefficient (Wildman–Crippen LogP) is 21.0. The maximum atomic E-state index is 4.79. The fraction of sp³-hybridized carbons (Fsp3) is 0.846. The van der Waals surface area contributed by atoms with Crippen LogP contribution in [0, 0.1) is 99.6 Å². The summed E-state index contributed by atoms with van der Waals surface area (Å²) < 4.78 is 0. The molecule has 4 saturated carbocycles. The van der Waals surface area contributed by atoms with Gasteiger partial charge in [-0.15, -0.1) is 0 Å². The molecule has 374 valence electrons. The molecule has 0 aromatic rings. The first-order valence-corrected chi connectivity index (χ1v) is 29.4. The third-order valence-electron chi connectivity index (χ3n) is 20.1. The Kier molecular flexibility index (Phi) is 24.1. The molecule has 0 bridgehead atoms. The Morgan fingerprint density at radius 2 is 1.58 bits per heavy atom. The van der Waals surface area contributed by atoms with Gasteiger partial charge >= 0.3 is 0 Å². The number of hydrogen-bond acceptors (Lipinski definition) is 0. The van der Waals surface area contributed by atoms with Gasteiger partial charge in [-0.25, -0.2) is 0 Å². The van der Waals surface area contributed by atoms with Crippen molar-refractivity contribution in [2.75, 3.05) is 0 Å². The van der Waals surface area contributed by atoms with Gasteiger partial charge in [0.1, 0.15) is 0 Å². The molecule has 0 heteroatoms. The van der Waals surface area contributed by atoms with E-state index in [1.807, 2.05) is 0 Å². The number of allylic oxidation sites excluding steroid dienone is 8. The molecule has 0 aliphatic heterocycles. The van der Waals surface area contributed by atoms with E-state index in [1.165, 1.54) is 159 Å². The number of rotatable bonds is 32. The van der Waals surface area contributed by atoms with Crippen LogP contribution in [0.4, 0.5) is 0 Å². The zero-order valence-corrected chi connectivity index (χ0v) is 46.2. The highest BCUT2D eigenvalue weighted by Crippen LogP contribution is 2.69. The lowest BCUT2D eigenvalue weighted by atomic mass is 9.60. The molecule has 0 aromatic heterocycles. The Labute approximate surface area is 409 Å². The summed E-state index contributed by atoms with van der Waals surface area (Å²) in [5, 5.41) is 0. The van der Waals surface area contributed by atoms with Gasteiger partial charge in [0, 0.05) is 0 Å². The molecule has 0 aromatic carbocycles. The average molecular weight is 896 g/mol. The molecular formula is C65H114. The Morgan fingerprint density at radius 3 is 2.25 bits per heavy atom. The van der Waals surface area contributed by atoms with Crippen molar-refractivity contribution in [1.29, 1.82) is 0 Å². The second kappa shape index (κ2) is 27.8. The van der Waals surface area contributed by atoms with Gasteiger partial charge in [-0.05, 0) is 210 Å². The lowest BCUT2D eigenvalue weighted by Crippen LogP contribution is -2.36. The summed E-state index contributed by atoms with van der Waals surface area (Å²) in [6, 6.07) is 0. The summed E-state index contributed by atoms with van der Waals surface area (Å²) in [5.74, 6) is 12.7. The summed E-state index contributed by atoms with van der Waals surface area (Å²) in [5.41, 5.74) is 3.90. The third kappa shape index (κ3) is 16.1. The quantitative estimate of drug-likeness (QED) is 0.0590. The molecule has 0 amide bonds. The Bertz CT molecular complexity index is 1450. The summed E-state index contributed by atoms with van der Waals surface area (Å²) in [7, 11) is 0. The molecule has 16 unspecified atom stereocenters. The lowest BCUT2D eigenvalue weighted by Gasteiger charge is -2.45. The van der Waals surface area contributed by atoms with Gasteiger partial charge in [0.2, 0.25) is 0 Å². The van der Waals surface area contributed by atoms with Crippen LogP contribution >= 0.6 is 0 Å². The van der Waals surface area contributed by atoms with Crippen LogP contribution in [0.2, 0.25) is 0 Å². The van der Waals surface area contributed by atoms with Crippen LogP contribution in [-0.2, 0) is 0 Å². The fourth-order valence-corrected chi connectivity index (χ4v) is 15.9. The van der Waals surface area contributed by atoms with Crippen LogP contribution < -0.4 is 0 Å². The Hall–Kier alpha value is -1.30. The lowest BCUT2D eigenvalue weighted by molar-refractivity contribution is 0.0478. The van der Waals surface area contributed by atoms with Crippen molar-refractivity contribution in [3.8, 4) is 0 Å². The predicted molar refractivity (Wildman–Crippen MR) is 292 cm³/mol. The standard InChI is InChI=1S/C65H114/c1-16-22-30-48(9)37-38-50(11)53(32-23-17-2)41-39-51(12)56(45-64(14,15)61(21-6)54-33-24-34-55(44-54)63-59(28-19-4)60(63)29-20-5)35-25-36-58-52(13)31-26-43-65(46-62(58)65)57(27-18-3)42-40-49(10)47(7)8/h16,19,22-23,28,32,48-49,51-63H,7,11,17-18,20-21,24-27,29-31,33-46H2,1-6,8-10,12-15H3. The normalized spacial score (nSPS) is 31.6. The largest absolute Gasteiger partial charge is 0.0999 e. The highest BCUT2D eigenvalue weighted by Gasteiger charge is 2.61. The van der Waals surface area contributed by atoms with Gasteiger partial charge in [-0.3, -0.25) is 0 Å². The minimum atomic E-state index is 0.374. The fourth-order valence-electron chi connectivity index (χ4n) is 15.9. The highest BCUT2D eigenvalue weighted by molar-refractivity contribution is 5.13. The van der Waals surface area contributed by atoms with Crippen LogP contribution in [0.15, 0.2) is 60.8 Å². The minimum Gasteiger partial charge on any atom is -0.0999 e. The van der Waals surface area contributed by atoms with E-state index in [0.717, 1.165) is 83.4 Å². The third-order valence-corrected chi connectivity index (χ3v) is 20.1. The van der Waals surface area contributed by atoms with Gasteiger partial charge in [-0.2, -0.15) is 0 Å². The van der Waals surface area contributed by atoms with E-state index in [1.54, 1.807) is 6.42 Å². The Balaban J connectivity index is 1.52. The first-order valence-electron chi connectivity index (χ1n) is 29.4. The minimum absolute atomic E-state index is 0.374. The van der Waals surface area contributed by atoms with Gasteiger partial charge in [-0.1, -0.05) is 201 Å². The van der Waals surface area contributed by atoms with Crippen LogP contribution in [-0.4, -0.2) is 0 Å². The molecule has 4 aliphatic rings. The van der Waals surface area contributed by atoms with Gasteiger partial charge in [0.05, 0.1) is 0 Å². The Morgan fingerprint density at radius 1 is 0.815 bits per heavy atom. The van der Waals surface area contributed by atoms with E-state index >= 15 is 0 Å². The first kappa shape index (κ1) is 56.3. The zero-order chi connectivity index (χ0) is 47.7. The topological polar surface area (TPSA) is 0 Å².